The Morgan fingerprint density at radius 3 is 2.32 bits per heavy atom. The van der Waals surface area contributed by atoms with Crippen molar-refractivity contribution in [2.75, 3.05) is 0 Å². The molecule has 0 spiro atoms. The summed E-state index contributed by atoms with van der Waals surface area (Å²) in [6.45, 7) is 3.75. The number of nitro groups is 1. The predicted molar refractivity (Wildman–Crippen MR) is 81.7 cm³/mol. The van der Waals surface area contributed by atoms with Crippen LogP contribution in [0.15, 0.2) is 42.5 Å². The molecule has 0 saturated heterocycles. The highest BCUT2D eigenvalue weighted by Crippen LogP contribution is 2.35. The number of benzene rings is 2. The highest BCUT2D eigenvalue weighted by Gasteiger charge is 2.12. The number of hydrogen-bond acceptors (Lipinski definition) is 6. The summed E-state index contributed by atoms with van der Waals surface area (Å²) < 4.78 is 5.57. The van der Waals surface area contributed by atoms with Gasteiger partial charge in [0, 0.05) is 17.7 Å². The minimum atomic E-state index is -0.500. The lowest BCUT2D eigenvalue weighted by molar-refractivity contribution is -0.384. The molecule has 7 nitrogen and oxygen atoms in total. The van der Waals surface area contributed by atoms with Crippen molar-refractivity contribution in [1.29, 1.82) is 0 Å². The number of rotatable bonds is 5. The number of nitrogens with two attached hydrogens (primary N) is 1. The fourth-order valence-electron chi connectivity index (χ4n) is 1.65. The van der Waals surface area contributed by atoms with E-state index in [4.69, 9.17) is 10.6 Å². The second-order valence-electron chi connectivity index (χ2n) is 3.87. The van der Waals surface area contributed by atoms with Gasteiger partial charge in [-0.1, -0.05) is 26.0 Å². The monoisotopic (exact) mass is 306 g/mol. The van der Waals surface area contributed by atoms with Crippen molar-refractivity contribution in [3.05, 3.63) is 58.1 Å². The molecule has 2 rings (SSSR count). The zero-order chi connectivity index (χ0) is 16.5. The minimum Gasteiger partial charge on any atom is -0.453 e. The zero-order valence-electron chi connectivity index (χ0n) is 12.4. The molecule has 0 fully saturated rings. The van der Waals surface area contributed by atoms with Crippen LogP contribution in [-0.2, 0) is 6.61 Å². The lowest BCUT2D eigenvalue weighted by Crippen LogP contribution is -2.04. The molecule has 0 atom stereocenters. The maximum Gasteiger partial charge on any atom is 0.269 e. The number of hydrogen-bond donors (Lipinski definition) is 2. The molecule has 7 heteroatoms. The van der Waals surface area contributed by atoms with E-state index in [-0.39, 0.29) is 23.8 Å². The van der Waals surface area contributed by atoms with E-state index >= 15 is 0 Å². The van der Waals surface area contributed by atoms with Gasteiger partial charge < -0.3 is 14.7 Å². The summed E-state index contributed by atoms with van der Waals surface area (Å²) in [4.78, 5) is 14.7. The molecule has 0 radical (unpaired) electrons. The van der Waals surface area contributed by atoms with Crippen molar-refractivity contribution in [2.24, 2.45) is 5.90 Å². The van der Waals surface area contributed by atoms with Crippen molar-refractivity contribution in [2.45, 2.75) is 20.5 Å². The summed E-state index contributed by atoms with van der Waals surface area (Å²) >= 11 is 0. The molecule has 2 aromatic carbocycles. The Kier molecular flexibility index (Phi) is 6.81. The lowest BCUT2D eigenvalue weighted by atomic mass is 10.2. The van der Waals surface area contributed by atoms with Crippen LogP contribution in [0.4, 0.5) is 5.69 Å². The van der Waals surface area contributed by atoms with Gasteiger partial charge in [-0.05, 0) is 18.2 Å². The summed E-state index contributed by atoms with van der Waals surface area (Å²) in [5, 5.41) is 19.8. The third-order valence-electron chi connectivity index (χ3n) is 2.63. The molecule has 22 heavy (non-hydrogen) atoms. The Labute approximate surface area is 128 Å². The van der Waals surface area contributed by atoms with Crippen LogP contribution in [0.3, 0.4) is 0 Å². The Morgan fingerprint density at radius 2 is 1.82 bits per heavy atom. The fourth-order valence-corrected chi connectivity index (χ4v) is 1.65. The van der Waals surface area contributed by atoms with Gasteiger partial charge in [0.25, 0.3) is 5.69 Å². The van der Waals surface area contributed by atoms with Crippen LogP contribution in [0.5, 0.6) is 17.2 Å². The van der Waals surface area contributed by atoms with Gasteiger partial charge in [0.2, 0.25) is 0 Å². The van der Waals surface area contributed by atoms with Crippen LogP contribution in [0.2, 0.25) is 0 Å². The van der Waals surface area contributed by atoms with E-state index < -0.39 is 4.92 Å². The molecular formula is C15H18N2O5. The van der Waals surface area contributed by atoms with Gasteiger partial charge in [-0.3, -0.25) is 10.1 Å². The third kappa shape index (κ3) is 4.18. The van der Waals surface area contributed by atoms with E-state index in [2.05, 4.69) is 4.84 Å². The highest BCUT2D eigenvalue weighted by atomic mass is 16.6. The van der Waals surface area contributed by atoms with Gasteiger partial charge in [-0.15, -0.1) is 0 Å². The first-order chi connectivity index (χ1) is 10.7. The van der Waals surface area contributed by atoms with E-state index in [0.717, 1.165) is 0 Å². The minimum absolute atomic E-state index is 0.0388. The van der Waals surface area contributed by atoms with Gasteiger partial charge in [-0.25, -0.2) is 0 Å². The summed E-state index contributed by atoms with van der Waals surface area (Å²) in [5.74, 6) is 6.04. The molecule has 0 aromatic heterocycles. The van der Waals surface area contributed by atoms with Crippen molar-refractivity contribution in [3.63, 3.8) is 0 Å². The highest BCUT2D eigenvalue weighted by molar-refractivity contribution is 5.49. The number of nitrogens with zero attached hydrogens (tertiary/aromatic N) is 1. The number of nitro benzene ring substituents is 1. The molecule has 2 aromatic rings. The molecule has 0 aliphatic carbocycles. The molecular weight excluding hydrogens is 288 g/mol. The molecule has 0 heterocycles. The van der Waals surface area contributed by atoms with Crippen LogP contribution in [0.25, 0.3) is 0 Å². The van der Waals surface area contributed by atoms with E-state index in [9.17, 15) is 15.2 Å². The summed E-state index contributed by atoms with van der Waals surface area (Å²) in [5.41, 5.74) is 0.453. The summed E-state index contributed by atoms with van der Waals surface area (Å²) in [7, 11) is 0. The van der Waals surface area contributed by atoms with Gasteiger partial charge >= 0.3 is 0 Å². The van der Waals surface area contributed by atoms with E-state index in [0.29, 0.717) is 11.3 Å². The molecule has 0 amide bonds. The Morgan fingerprint density at radius 1 is 1.18 bits per heavy atom. The first-order valence-corrected chi connectivity index (χ1v) is 6.67. The van der Waals surface area contributed by atoms with Crippen molar-refractivity contribution in [3.8, 4) is 17.2 Å². The van der Waals surface area contributed by atoms with Crippen LogP contribution in [0, 0.1) is 10.1 Å². The molecule has 3 N–H and O–H groups in total. The van der Waals surface area contributed by atoms with Crippen LogP contribution in [-0.4, -0.2) is 10.0 Å². The molecule has 0 bridgehead atoms. The molecule has 0 saturated carbocycles. The van der Waals surface area contributed by atoms with E-state index in [1.165, 1.54) is 24.3 Å². The van der Waals surface area contributed by atoms with Gasteiger partial charge in [0.05, 0.1) is 11.5 Å². The van der Waals surface area contributed by atoms with E-state index in [1.807, 2.05) is 13.8 Å². The zero-order valence-corrected chi connectivity index (χ0v) is 12.4. The SMILES string of the molecule is CC.NOc1cccc(CO)c1Oc1ccc([N+](=O)[O-])cc1. The maximum atomic E-state index is 10.6. The average molecular weight is 306 g/mol. The molecule has 0 aliphatic rings. The molecule has 0 aliphatic heterocycles. The number of aliphatic hydroxyl groups excluding tert-OH is 1. The Bertz CT molecular complexity index is 592. The van der Waals surface area contributed by atoms with Crippen LogP contribution < -0.4 is 15.5 Å². The summed E-state index contributed by atoms with van der Waals surface area (Å²) in [6.07, 6.45) is 0. The summed E-state index contributed by atoms with van der Waals surface area (Å²) in [6, 6.07) is 10.4. The smallest absolute Gasteiger partial charge is 0.269 e. The third-order valence-corrected chi connectivity index (χ3v) is 2.63. The van der Waals surface area contributed by atoms with Gasteiger partial charge in [0.15, 0.2) is 11.5 Å². The quantitative estimate of drug-likeness (QED) is 0.649. The lowest BCUT2D eigenvalue weighted by Gasteiger charge is -2.12. The normalized spacial score (nSPS) is 9.45. The van der Waals surface area contributed by atoms with Gasteiger partial charge in [0.1, 0.15) is 5.75 Å². The molecule has 118 valence electrons. The van der Waals surface area contributed by atoms with Crippen LogP contribution in [0.1, 0.15) is 19.4 Å². The van der Waals surface area contributed by atoms with Crippen molar-refractivity contribution in [1.82, 2.24) is 0 Å². The first kappa shape index (κ1) is 17.4. The second-order valence-corrected chi connectivity index (χ2v) is 3.87. The fraction of sp³-hybridized carbons (Fsp3) is 0.200. The van der Waals surface area contributed by atoms with Crippen molar-refractivity contribution < 1.29 is 19.6 Å². The first-order valence-electron chi connectivity index (χ1n) is 6.67. The maximum absolute atomic E-state index is 10.6. The second kappa shape index (κ2) is 8.60. The van der Waals surface area contributed by atoms with Gasteiger partial charge in [-0.2, -0.15) is 5.90 Å². The molecule has 0 unspecified atom stereocenters. The Balaban J connectivity index is 0.00000116. The predicted octanol–water partition coefficient (Wildman–Crippen LogP) is 3.16. The number of ether oxygens (including phenoxy) is 1. The van der Waals surface area contributed by atoms with E-state index in [1.54, 1.807) is 18.2 Å². The number of para-hydroxylation sites is 1. The topological polar surface area (TPSA) is 108 Å². The number of aliphatic hydroxyl groups is 1. The number of non-ortho nitro benzene ring substituents is 1. The van der Waals surface area contributed by atoms with Crippen LogP contribution >= 0.6 is 0 Å². The largest absolute Gasteiger partial charge is 0.453 e. The standard InChI is InChI=1S/C13H12N2O5.C2H6/c14-20-12-3-1-2-9(8-16)13(12)19-11-6-4-10(5-7-11)15(17)18;1-2/h1-7,16H,8,14H2;1-2H3. The van der Waals surface area contributed by atoms with Crippen molar-refractivity contribution >= 4 is 5.69 Å². The average Bonchev–Trinajstić information content (AvgIpc) is 2.57. The Hall–Kier alpha value is -2.64.